The van der Waals surface area contributed by atoms with E-state index >= 15 is 0 Å². The summed E-state index contributed by atoms with van der Waals surface area (Å²) in [6.07, 6.45) is 0. The van der Waals surface area contributed by atoms with Crippen LogP contribution in [0.3, 0.4) is 0 Å². The smallest absolute Gasteiger partial charge is 0.328 e. The number of rotatable bonds is 5. The molecule has 0 aliphatic heterocycles. The molecule has 1 aromatic rings. The average Bonchev–Trinajstić information content (AvgIpc) is 2.40. The number of nitro groups is 1. The number of carbonyl (C=O) groups is 2. The normalized spacial score (nSPS) is 11.6. The van der Waals surface area contributed by atoms with Gasteiger partial charge < -0.3 is 10.1 Å². The average molecular weight is 302 g/mol. The highest BCUT2D eigenvalue weighted by molar-refractivity contribution is 5.97. The van der Waals surface area contributed by atoms with Crippen LogP contribution in [0.2, 0.25) is 0 Å². The molecule has 0 aliphatic carbocycles. The summed E-state index contributed by atoms with van der Waals surface area (Å²) in [5, 5.41) is 12.6. The van der Waals surface area contributed by atoms with Crippen molar-refractivity contribution in [2.45, 2.75) is 19.9 Å². The zero-order valence-electron chi connectivity index (χ0n) is 11.2. The lowest BCUT2D eigenvalue weighted by Gasteiger charge is -2.13. The Morgan fingerprint density at radius 1 is 1.43 bits per heavy atom. The Labute approximate surface area is 118 Å². The van der Waals surface area contributed by atoms with E-state index in [9.17, 15) is 28.5 Å². The number of nitrogens with zero attached hydrogens (tertiary/aromatic N) is 1. The van der Waals surface area contributed by atoms with E-state index in [2.05, 4.69) is 10.1 Å². The van der Waals surface area contributed by atoms with Gasteiger partial charge in [-0.05, 0) is 19.9 Å². The van der Waals surface area contributed by atoms with Gasteiger partial charge in [-0.25, -0.2) is 9.18 Å². The number of amides is 1. The fourth-order valence-electron chi connectivity index (χ4n) is 1.47. The maximum Gasteiger partial charge on any atom is 0.328 e. The highest BCUT2D eigenvalue weighted by atomic mass is 19.1. The molecule has 1 unspecified atom stereocenters. The van der Waals surface area contributed by atoms with Crippen LogP contribution in [0.25, 0.3) is 0 Å². The van der Waals surface area contributed by atoms with Gasteiger partial charge >= 0.3 is 11.7 Å². The molecule has 21 heavy (non-hydrogen) atoms. The van der Waals surface area contributed by atoms with Crippen LogP contribution in [-0.2, 0) is 9.53 Å². The number of nitro benzene ring substituents is 1. The molecule has 1 rings (SSSR count). The van der Waals surface area contributed by atoms with E-state index in [1.54, 1.807) is 6.92 Å². The molecule has 0 saturated carbocycles. The third kappa shape index (κ3) is 3.94. The molecule has 1 atom stereocenters. The molecule has 0 fully saturated rings. The highest BCUT2D eigenvalue weighted by Gasteiger charge is 2.26. The van der Waals surface area contributed by atoms with Crippen LogP contribution < -0.4 is 5.32 Å². The number of hydrogen-bond donors (Lipinski definition) is 1. The number of ether oxygens (including phenoxy) is 1. The number of halogens is 2. The van der Waals surface area contributed by atoms with Gasteiger partial charge in [0.25, 0.3) is 5.91 Å². The number of esters is 1. The molecule has 0 spiro atoms. The second-order valence-electron chi connectivity index (χ2n) is 3.99. The summed E-state index contributed by atoms with van der Waals surface area (Å²) in [5.74, 6) is -4.54. The van der Waals surface area contributed by atoms with Crippen LogP contribution in [0, 0.1) is 21.7 Å². The van der Waals surface area contributed by atoms with Crippen molar-refractivity contribution in [2.24, 2.45) is 0 Å². The van der Waals surface area contributed by atoms with Crippen molar-refractivity contribution < 1.29 is 28.0 Å². The van der Waals surface area contributed by atoms with Crippen LogP contribution in [0.1, 0.15) is 24.2 Å². The molecule has 0 aliphatic rings. The largest absolute Gasteiger partial charge is 0.464 e. The Bertz CT molecular complexity index is 591. The molecule has 0 radical (unpaired) electrons. The molecule has 0 heterocycles. The van der Waals surface area contributed by atoms with Gasteiger partial charge in [0.2, 0.25) is 5.82 Å². The highest BCUT2D eigenvalue weighted by Crippen LogP contribution is 2.22. The fraction of sp³-hybridized carbons (Fsp3) is 0.333. The van der Waals surface area contributed by atoms with Crippen LogP contribution in [0.4, 0.5) is 14.5 Å². The number of nitrogens with one attached hydrogen (secondary N) is 1. The van der Waals surface area contributed by atoms with Crippen LogP contribution in [0.5, 0.6) is 0 Å². The molecule has 1 aromatic carbocycles. The first-order chi connectivity index (χ1) is 9.77. The van der Waals surface area contributed by atoms with Crippen molar-refractivity contribution >= 4 is 17.6 Å². The lowest BCUT2D eigenvalue weighted by atomic mass is 10.1. The van der Waals surface area contributed by atoms with Gasteiger partial charge in [0.05, 0.1) is 23.2 Å². The summed E-state index contributed by atoms with van der Waals surface area (Å²) in [7, 11) is 0. The first-order valence-corrected chi connectivity index (χ1v) is 5.88. The van der Waals surface area contributed by atoms with Crippen molar-refractivity contribution in [1.82, 2.24) is 5.32 Å². The summed E-state index contributed by atoms with van der Waals surface area (Å²) in [6.45, 7) is 2.92. The minimum absolute atomic E-state index is 0.0822. The van der Waals surface area contributed by atoms with E-state index in [4.69, 9.17) is 0 Å². The van der Waals surface area contributed by atoms with Crippen LogP contribution >= 0.6 is 0 Å². The Kier molecular flexibility index (Phi) is 5.28. The minimum atomic E-state index is -1.48. The van der Waals surface area contributed by atoms with Crippen molar-refractivity contribution in [2.75, 3.05) is 6.61 Å². The summed E-state index contributed by atoms with van der Waals surface area (Å²) in [4.78, 5) is 32.5. The predicted octanol–water partition coefficient (Wildman–Crippen LogP) is 1.55. The van der Waals surface area contributed by atoms with Gasteiger partial charge in [-0.2, -0.15) is 4.39 Å². The molecule has 1 amide bonds. The van der Waals surface area contributed by atoms with E-state index in [0.717, 1.165) is 0 Å². The topological polar surface area (TPSA) is 98.5 Å². The molecule has 0 saturated heterocycles. The number of hydrogen-bond acceptors (Lipinski definition) is 5. The monoisotopic (exact) mass is 302 g/mol. The van der Waals surface area contributed by atoms with Gasteiger partial charge in [0.15, 0.2) is 0 Å². The zero-order chi connectivity index (χ0) is 16.2. The second-order valence-corrected chi connectivity index (χ2v) is 3.99. The van der Waals surface area contributed by atoms with E-state index in [1.165, 1.54) is 6.92 Å². The predicted molar refractivity (Wildman–Crippen MR) is 66.6 cm³/mol. The summed E-state index contributed by atoms with van der Waals surface area (Å²) >= 11 is 0. The molecule has 7 nitrogen and oxygen atoms in total. The van der Waals surface area contributed by atoms with Gasteiger partial charge in [-0.1, -0.05) is 0 Å². The quantitative estimate of drug-likeness (QED) is 0.505. The molecule has 1 N–H and O–H groups in total. The zero-order valence-corrected chi connectivity index (χ0v) is 11.2. The third-order valence-electron chi connectivity index (χ3n) is 2.45. The van der Waals surface area contributed by atoms with Crippen molar-refractivity contribution in [1.29, 1.82) is 0 Å². The first kappa shape index (κ1) is 16.5. The van der Waals surface area contributed by atoms with E-state index in [1.807, 2.05) is 0 Å². The van der Waals surface area contributed by atoms with Crippen LogP contribution in [0.15, 0.2) is 12.1 Å². The van der Waals surface area contributed by atoms with E-state index < -0.39 is 45.7 Å². The molecular weight excluding hydrogens is 290 g/mol. The van der Waals surface area contributed by atoms with Crippen molar-refractivity contribution in [3.63, 3.8) is 0 Å². The van der Waals surface area contributed by atoms with Crippen LogP contribution in [-0.4, -0.2) is 29.4 Å². The van der Waals surface area contributed by atoms with Gasteiger partial charge in [-0.3, -0.25) is 14.9 Å². The lowest BCUT2D eigenvalue weighted by molar-refractivity contribution is -0.387. The molecule has 114 valence electrons. The summed E-state index contributed by atoms with van der Waals surface area (Å²) < 4.78 is 31.6. The number of carbonyl (C=O) groups excluding carboxylic acids is 2. The number of benzene rings is 1. The van der Waals surface area contributed by atoms with Gasteiger partial charge in [-0.15, -0.1) is 0 Å². The molecule has 9 heteroatoms. The Hall–Kier alpha value is -2.58. The molecule has 0 bridgehead atoms. The van der Waals surface area contributed by atoms with Gasteiger partial charge in [0, 0.05) is 0 Å². The Balaban J connectivity index is 3.03. The first-order valence-electron chi connectivity index (χ1n) is 5.88. The standard InChI is InChI=1S/C12H12F2N2O5/c1-3-21-12(18)6(2)15-11(17)8-4-7(13)5-9(10(8)14)16(19)20/h4-6H,3H2,1-2H3,(H,15,17). The third-order valence-corrected chi connectivity index (χ3v) is 2.45. The fourth-order valence-corrected chi connectivity index (χ4v) is 1.47. The Morgan fingerprint density at radius 3 is 2.57 bits per heavy atom. The van der Waals surface area contributed by atoms with Crippen molar-refractivity contribution in [3.05, 3.63) is 39.4 Å². The van der Waals surface area contributed by atoms with E-state index in [-0.39, 0.29) is 6.61 Å². The van der Waals surface area contributed by atoms with Crippen molar-refractivity contribution in [3.8, 4) is 0 Å². The van der Waals surface area contributed by atoms with Gasteiger partial charge in [0.1, 0.15) is 11.9 Å². The minimum Gasteiger partial charge on any atom is -0.464 e. The summed E-state index contributed by atoms with van der Waals surface area (Å²) in [5.41, 5.74) is -2.03. The second kappa shape index (κ2) is 6.73. The lowest BCUT2D eigenvalue weighted by Crippen LogP contribution is -2.40. The molecular formula is C12H12F2N2O5. The molecule has 0 aromatic heterocycles. The SMILES string of the molecule is CCOC(=O)C(C)NC(=O)c1cc(F)cc([N+](=O)[O-])c1F. The summed E-state index contributed by atoms with van der Waals surface area (Å²) in [6, 6.07) is -0.240. The maximum absolute atomic E-state index is 13.8. The maximum atomic E-state index is 13.8. The Morgan fingerprint density at radius 2 is 2.05 bits per heavy atom. The van der Waals surface area contributed by atoms with E-state index in [0.29, 0.717) is 12.1 Å².